The highest BCUT2D eigenvalue weighted by atomic mass is 15.3. The maximum Gasteiger partial charge on any atom is 0.226 e. The van der Waals surface area contributed by atoms with Gasteiger partial charge in [0.05, 0.1) is 5.69 Å². The average Bonchev–Trinajstić information content (AvgIpc) is 2.48. The SMILES string of the molecule is CC(C)c1nccn2c(N)nnc12. The van der Waals surface area contributed by atoms with Crippen molar-refractivity contribution in [3.63, 3.8) is 0 Å². The zero-order chi connectivity index (χ0) is 9.42. The molecule has 2 heterocycles. The summed E-state index contributed by atoms with van der Waals surface area (Å²) in [6, 6.07) is 0. The molecule has 0 amide bonds. The van der Waals surface area contributed by atoms with Crippen molar-refractivity contribution < 1.29 is 0 Å². The van der Waals surface area contributed by atoms with Gasteiger partial charge in [0.25, 0.3) is 0 Å². The summed E-state index contributed by atoms with van der Waals surface area (Å²) >= 11 is 0. The van der Waals surface area contributed by atoms with Crippen LogP contribution < -0.4 is 5.73 Å². The highest BCUT2D eigenvalue weighted by molar-refractivity contribution is 5.48. The lowest BCUT2D eigenvalue weighted by molar-refractivity contribution is 0.817. The molecule has 0 saturated carbocycles. The zero-order valence-corrected chi connectivity index (χ0v) is 7.60. The summed E-state index contributed by atoms with van der Waals surface area (Å²) in [4.78, 5) is 4.24. The fourth-order valence-corrected chi connectivity index (χ4v) is 1.27. The first-order valence-corrected chi connectivity index (χ1v) is 4.15. The van der Waals surface area contributed by atoms with E-state index in [9.17, 15) is 0 Å². The van der Waals surface area contributed by atoms with Crippen molar-refractivity contribution in [1.29, 1.82) is 0 Å². The number of rotatable bonds is 1. The smallest absolute Gasteiger partial charge is 0.226 e. The second kappa shape index (κ2) is 2.69. The van der Waals surface area contributed by atoms with Crippen molar-refractivity contribution in [3.05, 3.63) is 18.1 Å². The summed E-state index contributed by atoms with van der Waals surface area (Å²) in [5.74, 6) is 0.728. The predicted octanol–water partition coefficient (Wildman–Crippen LogP) is 0.830. The van der Waals surface area contributed by atoms with Gasteiger partial charge in [-0.3, -0.25) is 9.38 Å². The van der Waals surface area contributed by atoms with Crippen LogP contribution in [-0.4, -0.2) is 19.6 Å². The second-order valence-corrected chi connectivity index (χ2v) is 3.22. The van der Waals surface area contributed by atoms with Gasteiger partial charge in [-0.1, -0.05) is 13.8 Å². The lowest BCUT2D eigenvalue weighted by Gasteiger charge is -2.04. The third-order valence-electron chi connectivity index (χ3n) is 1.93. The number of hydrogen-bond acceptors (Lipinski definition) is 4. The van der Waals surface area contributed by atoms with E-state index in [1.165, 1.54) is 0 Å². The summed E-state index contributed by atoms with van der Waals surface area (Å²) in [6.07, 6.45) is 3.47. The molecule has 0 aliphatic rings. The van der Waals surface area contributed by atoms with E-state index in [1.807, 2.05) is 0 Å². The quantitative estimate of drug-likeness (QED) is 0.700. The van der Waals surface area contributed by atoms with Crippen LogP contribution in [0.15, 0.2) is 12.4 Å². The summed E-state index contributed by atoms with van der Waals surface area (Å²) in [6.45, 7) is 4.13. The first kappa shape index (κ1) is 7.97. The monoisotopic (exact) mass is 177 g/mol. The maximum absolute atomic E-state index is 5.61. The lowest BCUT2D eigenvalue weighted by atomic mass is 10.1. The number of nitrogen functional groups attached to an aromatic ring is 1. The summed E-state index contributed by atoms with van der Waals surface area (Å²) in [5.41, 5.74) is 7.28. The van der Waals surface area contributed by atoms with E-state index in [2.05, 4.69) is 29.0 Å². The van der Waals surface area contributed by atoms with Gasteiger partial charge >= 0.3 is 0 Å². The molecule has 0 aliphatic heterocycles. The van der Waals surface area contributed by atoms with Crippen molar-refractivity contribution in [2.45, 2.75) is 19.8 Å². The Morgan fingerprint density at radius 2 is 2.15 bits per heavy atom. The van der Waals surface area contributed by atoms with Gasteiger partial charge in [0, 0.05) is 12.4 Å². The Kier molecular flexibility index (Phi) is 1.65. The normalized spacial score (nSPS) is 11.3. The van der Waals surface area contributed by atoms with Crippen molar-refractivity contribution in [1.82, 2.24) is 19.6 Å². The van der Waals surface area contributed by atoms with Crippen LogP contribution in [0.3, 0.4) is 0 Å². The van der Waals surface area contributed by atoms with E-state index in [0.29, 0.717) is 11.9 Å². The van der Waals surface area contributed by atoms with Crippen LogP contribution in [0.1, 0.15) is 25.5 Å². The molecule has 13 heavy (non-hydrogen) atoms. The molecule has 2 N–H and O–H groups in total. The van der Waals surface area contributed by atoms with Gasteiger partial charge in [0.2, 0.25) is 5.95 Å². The van der Waals surface area contributed by atoms with Gasteiger partial charge in [-0.15, -0.1) is 10.2 Å². The molecule has 5 nitrogen and oxygen atoms in total. The van der Waals surface area contributed by atoms with E-state index in [-0.39, 0.29) is 0 Å². The van der Waals surface area contributed by atoms with Crippen LogP contribution >= 0.6 is 0 Å². The molecule has 0 atom stereocenters. The average molecular weight is 177 g/mol. The first-order valence-electron chi connectivity index (χ1n) is 4.15. The molecule has 2 rings (SSSR count). The van der Waals surface area contributed by atoms with Crippen LogP contribution in [0.25, 0.3) is 5.65 Å². The van der Waals surface area contributed by atoms with Crippen LogP contribution in [0, 0.1) is 0 Å². The Bertz CT molecular complexity index is 431. The van der Waals surface area contributed by atoms with Crippen molar-refractivity contribution in [2.24, 2.45) is 0 Å². The summed E-state index contributed by atoms with van der Waals surface area (Å²) in [5, 5.41) is 7.75. The largest absolute Gasteiger partial charge is 0.368 e. The first-order chi connectivity index (χ1) is 6.20. The van der Waals surface area contributed by atoms with Crippen molar-refractivity contribution in [3.8, 4) is 0 Å². The third-order valence-corrected chi connectivity index (χ3v) is 1.93. The molecule has 0 fully saturated rings. The van der Waals surface area contributed by atoms with E-state index in [1.54, 1.807) is 16.8 Å². The van der Waals surface area contributed by atoms with Gasteiger partial charge in [-0.25, -0.2) is 0 Å². The molecule has 5 heteroatoms. The molecule has 68 valence electrons. The highest BCUT2D eigenvalue weighted by Crippen LogP contribution is 2.16. The van der Waals surface area contributed by atoms with Gasteiger partial charge < -0.3 is 5.73 Å². The molecule has 0 aromatic carbocycles. The summed E-state index contributed by atoms with van der Waals surface area (Å²) < 4.78 is 1.74. The number of nitrogens with zero attached hydrogens (tertiary/aromatic N) is 4. The topological polar surface area (TPSA) is 69.1 Å². The Hall–Kier alpha value is -1.65. The molecule has 0 unspecified atom stereocenters. The molecule has 0 spiro atoms. The minimum Gasteiger partial charge on any atom is -0.368 e. The molecule has 2 aromatic heterocycles. The van der Waals surface area contributed by atoms with E-state index >= 15 is 0 Å². The maximum atomic E-state index is 5.61. The fraction of sp³-hybridized carbons (Fsp3) is 0.375. The van der Waals surface area contributed by atoms with Gasteiger partial charge in [0.1, 0.15) is 0 Å². The lowest BCUT2D eigenvalue weighted by Crippen LogP contribution is -1.99. The molecular formula is C8H11N5. The van der Waals surface area contributed by atoms with Crippen LogP contribution in [0.4, 0.5) is 5.95 Å². The number of anilines is 1. The number of fused-ring (bicyclic) bond motifs is 1. The third kappa shape index (κ3) is 1.12. The Labute approximate surface area is 75.6 Å². The minimum atomic E-state index is 0.326. The molecule has 0 radical (unpaired) electrons. The van der Waals surface area contributed by atoms with E-state index in [0.717, 1.165) is 11.3 Å². The van der Waals surface area contributed by atoms with Crippen LogP contribution in [0.5, 0.6) is 0 Å². The zero-order valence-electron chi connectivity index (χ0n) is 7.60. The number of hydrogen-bond donors (Lipinski definition) is 1. The van der Waals surface area contributed by atoms with E-state index in [4.69, 9.17) is 5.73 Å². The highest BCUT2D eigenvalue weighted by Gasteiger charge is 2.10. The Morgan fingerprint density at radius 1 is 1.38 bits per heavy atom. The van der Waals surface area contributed by atoms with Crippen molar-refractivity contribution >= 4 is 11.6 Å². The van der Waals surface area contributed by atoms with Crippen LogP contribution in [-0.2, 0) is 0 Å². The van der Waals surface area contributed by atoms with E-state index < -0.39 is 0 Å². The Balaban J connectivity index is 2.77. The standard InChI is InChI=1S/C8H11N5/c1-5(2)6-7-11-12-8(9)13(7)4-3-10-6/h3-5H,1-2H3,(H2,9,12). The summed E-state index contributed by atoms with van der Waals surface area (Å²) in [7, 11) is 0. The predicted molar refractivity (Wildman–Crippen MR) is 49.3 cm³/mol. The van der Waals surface area contributed by atoms with Crippen LogP contribution in [0.2, 0.25) is 0 Å². The molecule has 2 aromatic rings. The molecule has 0 bridgehead atoms. The molecule has 0 aliphatic carbocycles. The van der Waals surface area contributed by atoms with Gasteiger partial charge in [-0.05, 0) is 5.92 Å². The minimum absolute atomic E-state index is 0.326. The Morgan fingerprint density at radius 3 is 2.85 bits per heavy atom. The molecule has 0 saturated heterocycles. The van der Waals surface area contributed by atoms with Gasteiger partial charge in [-0.2, -0.15) is 0 Å². The number of nitrogens with two attached hydrogens (primary N) is 1. The fourth-order valence-electron chi connectivity index (χ4n) is 1.27. The van der Waals surface area contributed by atoms with Crippen molar-refractivity contribution in [2.75, 3.05) is 5.73 Å². The van der Waals surface area contributed by atoms with Gasteiger partial charge in [0.15, 0.2) is 5.65 Å². The second-order valence-electron chi connectivity index (χ2n) is 3.22. The number of aromatic nitrogens is 4. The molecular weight excluding hydrogens is 166 g/mol.